The van der Waals surface area contributed by atoms with Crippen LogP contribution in [0.4, 0.5) is 0 Å². The second-order valence-electron chi connectivity index (χ2n) is 8.19. The van der Waals surface area contributed by atoms with Gasteiger partial charge in [-0.3, -0.25) is 14.6 Å². The molecule has 144 valence electrons. The van der Waals surface area contributed by atoms with Gasteiger partial charge >= 0.3 is 0 Å². The van der Waals surface area contributed by atoms with Gasteiger partial charge in [-0.15, -0.1) is 0 Å². The average Bonchev–Trinajstić information content (AvgIpc) is 2.86. The summed E-state index contributed by atoms with van der Waals surface area (Å²) in [5.41, 5.74) is 0.785. The van der Waals surface area contributed by atoms with Crippen LogP contribution in [0.3, 0.4) is 0 Å². The SMILES string of the molecule is CC(C)(C)CC(=O)NCC(=O)N(Cc1ccccn1)C1CCCNCC1. The van der Waals surface area contributed by atoms with E-state index in [1.165, 1.54) is 0 Å². The lowest BCUT2D eigenvalue weighted by molar-refractivity contribution is -0.136. The van der Waals surface area contributed by atoms with Crippen LogP contribution >= 0.6 is 0 Å². The van der Waals surface area contributed by atoms with Crippen LogP contribution < -0.4 is 10.6 Å². The Morgan fingerprint density at radius 1 is 1.27 bits per heavy atom. The lowest BCUT2D eigenvalue weighted by atomic mass is 9.92. The van der Waals surface area contributed by atoms with Gasteiger partial charge in [-0.1, -0.05) is 26.8 Å². The summed E-state index contributed by atoms with van der Waals surface area (Å²) in [6.45, 7) is 8.48. The molecule has 1 aromatic rings. The fourth-order valence-corrected chi connectivity index (χ4v) is 3.22. The third-order valence-corrected chi connectivity index (χ3v) is 4.49. The van der Waals surface area contributed by atoms with Gasteiger partial charge in [0.15, 0.2) is 0 Å². The van der Waals surface area contributed by atoms with E-state index in [1.54, 1.807) is 6.20 Å². The zero-order valence-corrected chi connectivity index (χ0v) is 16.3. The quantitative estimate of drug-likeness (QED) is 0.815. The Morgan fingerprint density at radius 3 is 2.77 bits per heavy atom. The molecule has 26 heavy (non-hydrogen) atoms. The lowest BCUT2D eigenvalue weighted by Gasteiger charge is -2.31. The van der Waals surface area contributed by atoms with Crippen LogP contribution in [0.5, 0.6) is 0 Å². The molecule has 0 aromatic carbocycles. The summed E-state index contributed by atoms with van der Waals surface area (Å²) in [7, 11) is 0. The molecule has 1 saturated heterocycles. The highest BCUT2D eigenvalue weighted by molar-refractivity contribution is 5.85. The molecule has 6 heteroatoms. The third-order valence-electron chi connectivity index (χ3n) is 4.49. The molecular weight excluding hydrogens is 328 g/mol. The summed E-state index contributed by atoms with van der Waals surface area (Å²) in [6.07, 6.45) is 5.11. The van der Waals surface area contributed by atoms with Crippen molar-refractivity contribution in [3.05, 3.63) is 30.1 Å². The molecule has 0 aliphatic carbocycles. The number of aromatic nitrogens is 1. The molecule has 0 spiro atoms. The van der Waals surface area contributed by atoms with Crippen LogP contribution in [0.15, 0.2) is 24.4 Å². The highest BCUT2D eigenvalue weighted by atomic mass is 16.2. The van der Waals surface area contributed by atoms with E-state index in [0.29, 0.717) is 13.0 Å². The van der Waals surface area contributed by atoms with Crippen molar-refractivity contribution in [3.63, 3.8) is 0 Å². The average molecular weight is 361 g/mol. The summed E-state index contributed by atoms with van der Waals surface area (Å²) in [5, 5.41) is 6.18. The Kier molecular flexibility index (Phi) is 7.57. The second kappa shape index (κ2) is 9.67. The zero-order valence-electron chi connectivity index (χ0n) is 16.3. The minimum Gasteiger partial charge on any atom is -0.347 e. The number of hydrogen-bond donors (Lipinski definition) is 2. The fourth-order valence-electron chi connectivity index (χ4n) is 3.22. The summed E-state index contributed by atoms with van der Waals surface area (Å²) in [6, 6.07) is 5.93. The van der Waals surface area contributed by atoms with Crippen molar-refractivity contribution in [3.8, 4) is 0 Å². The predicted molar refractivity (Wildman–Crippen MR) is 102 cm³/mol. The summed E-state index contributed by atoms with van der Waals surface area (Å²) in [4.78, 5) is 31.2. The van der Waals surface area contributed by atoms with Gasteiger partial charge in [0.05, 0.1) is 18.8 Å². The van der Waals surface area contributed by atoms with Gasteiger partial charge in [0.25, 0.3) is 0 Å². The van der Waals surface area contributed by atoms with E-state index >= 15 is 0 Å². The molecule has 0 saturated carbocycles. The summed E-state index contributed by atoms with van der Waals surface area (Å²) >= 11 is 0. The molecule has 1 aliphatic heterocycles. The molecule has 0 radical (unpaired) electrons. The van der Waals surface area contributed by atoms with Gasteiger partial charge in [-0.2, -0.15) is 0 Å². The van der Waals surface area contributed by atoms with Gasteiger partial charge in [-0.05, 0) is 49.9 Å². The van der Waals surface area contributed by atoms with E-state index in [0.717, 1.165) is 38.0 Å². The molecule has 2 rings (SSSR count). The van der Waals surface area contributed by atoms with Crippen molar-refractivity contribution in [2.75, 3.05) is 19.6 Å². The summed E-state index contributed by atoms with van der Waals surface area (Å²) < 4.78 is 0. The smallest absolute Gasteiger partial charge is 0.242 e. The summed E-state index contributed by atoms with van der Waals surface area (Å²) in [5.74, 6) is -0.115. The fraction of sp³-hybridized carbons (Fsp3) is 0.650. The molecule has 2 heterocycles. The molecular formula is C20H32N4O2. The van der Waals surface area contributed by atoms with Crippen LogP contribution in [0.1, 0.15) is 52.1 Å². The number of nitrogens with zero attached hydrogens (tertiary/aromatic N) is 2. The first-order valence-electron chi connectivity index (χ1n) is 9.52. The Bertz CT molecular complexity index is 575. The monoisotopic (exact) mass is 360 g/mol. The van der Waals surface area contributed by atoms with Crippen molar-refractivity contribution < 1.29 is 9.59 Å². The van der Waals surface area contributed by atoms with Crippen LogP contribution in [0.2, 0.25) is 0 Å². The second-order valence-corrected chi connectivity index (χ2v) is 8.19. The van der Waals surface area contributed by atoms with Gasteiger partial charge < -0.3 is 15.5 Å². The predicted octanol–water partition coefficient (Wildman–Crippen LogP) is 2.10. The Labute approximate surface area is 156 Å². The molecule has 1 atom stereocenters. The first-order valence-corrected chi connectivity index (χ1v) is 9.52. The van der Waals surface area contributed by atoms with Crippen molar-refractivity contribution in [2.45, 2.75) is 59.0 Å². The van der Waals surface area contributed by atoms with Crippen LogP contribution in [-0.2, 0) is 16.1 Å². The van der Waals surface area contributed by atoms with E-state index in [1.807, 2.05) is 43.9 Å². The maximum Gasteiger partial charge on any atom is 0.242 e. The van der Waals surface area contributed by atoms with E-state index in [9.17, 15) is 9.59 Å². The van der Waals surface area contributed by atoms with E-state index in [-0.39, 0.29) is 29.8 Å². The molecule has 0 bridgehead atoms. The van der Waals surface area contributed by atoms with Crippen molar-refractivity contribution in [2.24, 2.45) is 5.41 Å². The van der Waals surface area contributed by atoms with Gasteiger partial charge in [0, 0.05) is 18.7 Å². The van der Waals surface area contributed by atoms with Gasteiger partial charge in [0.1, 0.15) is 0 Å². The number of pyridine rings is 1. The maximum absolute atomic E-state index is 12.9. The Balaban J connectivity index is 2.01. The van der Waals surface area contributed by atoms with Crippen molar-refractivity contribution in [1.82, 2.24) is 20.5 Å². The normalized spacial score (nSPS) is 18.0. The lowest BCUT2D eigenvalue weighted by Crippen LogP contribution is -2.46. The molecule has 1 fully saturated rings. The van der Waals surface area contributed by atoms with Crippen LogP contribution in [-0.4, -0.2) is 47.4 Å². The number of carbonyl (C=O) groups excluding carboxylic acids is 2. The number of amides is 2. The largest absolute Gasteiger partial charge is 0.347 e. The highest BCUT2D eigenvalue weighted by Crippen LogP contribution is 2.18. The van der Waals surface area contributed by atoms with Crippen molar-refractivity contribution >= 4 is 11.8 Å². The third kappa shape index (κ3) is 7.12. The number of carbonyl (C=O) groups is 2. The number of rotatable bonds is 6. The Morgan fingerprint density at radius 2 is 2.08 bits per heavy atom. The van der Waals surface area contributed by atoms with E-state index in [4.69, 9.17) is 0 Å². The first kappa shape index (κ1) is 20.4. The molecule has 2 N–H and O–H groups in total. The topological polar surface area (TPSA) is 74.3 Å². The van der Waals surface area contributed by atoms with E-state index < -0.39 is 0 Å². The van der Waals surface area contributed by atoms with Crippen LogP contribution in [0.25, 0.3) is 0 Å². The zero-order chi connectivity index (χ0) is 19.0. The Hall–Kier alpha value is -1.95. The van der Waals surface area contributed by atoms with Crippen LogP contribution in [0, 0.1) is 5.41 Å². The molecule has 1 aliphatic rings. The van der Waals surface area contributed by atoms with Crippen molar-refractivity contribution in [1.29, 1.82) is 0 Å². The number of hydrogen-bond acceptors (Lipinski definition) is 4. The minimum atomic E-state index is -0.0896. The first-order chi connectivity index (χ1) is 12.3. The minimum absolute atomic E-state index is 0.0372. The van der Waals surface area contributed by atoms with Gasteiger partial charge in [0.2, 0.25) is 11.8 Å². The maximum atomic E-state index is 12.9. The number of nitrogens with one attached hydrogen (secondary N) is 2. The standard InChI is InChI=1S/C20H32N4O2/c1-20(2,3)13-18(25)23-14-19(26)24(15-16-7-4-5-11-22-16)17-8-6-10-21-12-9-17/h4-5,7,11,17,21H,6,8-10,12-15H2,1-3H3,(H,23,25). The van der Waals surface area contributed by atoms with E-state index in [2.05, 4.69) is 15.6 Å². The molecule has 6 nitrogen and oxygen atoms in total. The molecule has 2 amide bonds. The highest BCUT2D eigenvalue weighted by Gasteiger charge is 2.25. The van der Waals surface area contributed by atoms with Gasteiger partial charge in [-0.25, -0.2) is 0 Å². The molecule has 1 aromatic heterocycles. The molecule has 1 unspecified atom stereocenters.